The lowest BCUT2D eigenvalue weighted by molar-refractivity contribution is 0.486. The first kappa shape index (κ1) is 16.0. The molecular weight excluding hydrogens is 252 g/mol. The van der Waals surface area contributed by atoms with Crippen LogP contribution in [0, 0.1) is 12.8 Å². The second kappa shape index (κ2) is 7.49. The van der Waals surface area contributed by atoms with Gasteiger partial charge in [-0.05, 0) is 37.5 Å². The smallest absolute Gasteiger partial charge is 0.106 e. The molecule has 0 aromatic heterocycles. The molecule has 0 unspecified atom stereocenters. The topological polar surface area (TPSA) is 29.3 Å². The summed E-state index contributed by atoms with van der Waals surface area (Å²) in [6.07, 6.45) is 2.42. The monoisotopic (exact) mass is 278 g/mol. The molecule has 0 amide bonds. The van der Waals surface area contributed by atoms with E-state index in [4.69, 9.17) is 18.0 Å². The molecule has 0 spiro atoms. The Bertz CT molecular complexity index is 425. The highest BCUT2D eigenvalue weighted by molar-refractivity contribution is 7.80. The highest BCUT2D eigenvalue weighted by Gasteiger charge is 2.15. The van der Waals surface area contributed by atoms with E-state index in [0.717, 1.165) is 24.6 Å². The van der Waals surface area contributed by atoms with Gasteiger partial charge in [-0.1, -0.05) is 45.0 Å². The minimum Gasteiger partial charge on any atom is -0.389 e. The van der Waals surface area contributed by atoms with Gasteiger partial charge in [-0.25, -0.2) is 0 Å². The SMILES string of the molecule is CCC(CC)CN(CC)c1cc(C)ccc1C(N)=S. The molecule has 2 nitrogen and oxygen atoms in total. The van der Waals surface area contributed by atoms with Crippen LogP contribution in [0.2, 0.25) is 0 Å². The minimum atomic E-state index is 0.484. The summed E-state index contributed by atoms with van der Waals surface area (Å²) in [4.78, 5) is 2.89. The van der Waals surface area contributed by atoms with Gasteiger partial charge in [0.25, 0.3) is 0 Å². The van der Waals surface area contributed by atoms with E-state index in [1.54, 1.807) is 0 Å². The number of aryl methyl sites for hydroxylation is 1. The molecule has 0 heterocycles. The lowest BCUT2D eigenvalue weighted by Crippen LogP contribution is -2.31. The second-order valence-electron chi connectivity index (χ2n) is 5.11. The van der Waals surface area contributed by atoms with Gasteiger partial charge in [-0.15, -0.1) is 0 Å². The molecule has 1 aromatic rings. The van der Waals surface area contributed by atoms with E-state index >= 15 is 0 Å². The summed E-state index contributed by atoms with van der Waals surface area (Å²) in [7, 11) is 0. The Balaban J connectivity index is 3.09. The van der Waals surface area contributed by atoms with Gasteiger partial charge in [0.15, 0.2) is 0 Å². The fourth-order valence-electron chi connectivity index (χ4n) is 2.37. The van der Waals surface area contributed by atoms with Gasteiger partial charge < -0.3 is 10.6 Å². The van der Waals surface area contributed by atoms with Crippen LogP contribution in [0.3, 0.4) is 0 Å². The highest BCUT2D eigenvalue weighted by atomic mass is 32.1. The predicted molar refractivity (Wildman–Crippen MR) is 89.0 cm³/mol. The Labute approximate surface area is 123 Å². The number of rotatable bonds is 7. The van der Waals surface area contributed by atoms with E-state index < -0.39 is 0 Å². The molecule has 2 N–H and O–H groups in total. The lowest BCUT2D eigenvalue weighted by atomic mass is 10.0. The molecule has 3 heteroatoms. The summed E-state index contributed by atoms with van der Waals surface area (Å²) in [5.41, 5.74) is 9.28. The Morgan fingerprint density at radius 2 is 1.89 bits per heavy atom. The van der Waals surface area contributed by atoms with Crippen molar-refractivity contribution in [2.75, 3.05) is 18.0 Å². The molecule has 0 radical (unpaired) electrons. The van der Waals surface area contributed by atoms with Crippen molar-refractivity contribution in [2.24, 2.45) is 11.7 Å². The van der Waals surface area contributed by atoms with Gasteiger partial charge in [0.2, 0.25) is 0 Å². The summed E-state index contributed by atoms with van der Waals surface area (Å²) in [5.74, 6) is 0.722. The zero-order valence-electron chi connectivity index (χ0n) is 12.6. The Kier molecular flexibility index (Phi) is 6.29. The van der Waals surface area contributed by atoms with Crippen LogP contribution in [-0.2, 0) is 0 Å². The molecule has 0 bridgehead atoms. The van der Waals surface area contributed by atoms with Crippen LogP contribution in [-0.4, -0.2) is 18.1 Å². The van der Waals surface area contributed by atoms with Crippen LogP contribution < -0.4 is 10.6 Å². The number of nitrogens with two attached hydrogens (primary N) is 1. The molecule has 0 aliphatic carbocycles. The van der Waals surface area contributed by atoms with Crippen molar-refractivity contribution in [3.05, 3.63) is 29.3 Å². The minimum absolute atomic E-state index is 0.484. The van der Waals surface area contributed by atoms with Crippen LogP contribution in [0.25, 0.3) is 0 Å². The average Bonchev–Trinajstić information content (AvgIpc) is 2.40. The fraction of sp³-hybridized carbons (Fsp3) is 0.562. The fourth-order valence-corrected chi connectivity index (χ4v) is 2.54. The average molecular weight is 278 g/mol. The van der Waals surface area contributed by atoms with Crippen LogP contribution in [0.5, 0.6) is 0 Å². The first-order valence-electron chi connectivity index (χ1n) is 7.18. The van der Waals surface area contributed by atoms with E-state index in [1.165, 1.54) is 24.1 Å². The van der Waals surface area contributed by atoms with Gasteiger partial charge in [0.05, 0.1) is 0 Å². The number of hydrogen-bond acceptors (Lipinski definition) is 2. The van der Waals surface area contributed by atoms with Crippen molar-refractivity contribution < 1.29 is 0 Å². The Morgan fingerprint density at radius 1 is 1.26 bits per heavy atom. The van der Waals surface area contributed by atoms with Gasteiger partial charge in [-0.2, -0.15) is 0 Å². The van der Waals surface area contributed by atoms with Crippen LogP contribution >= 0.6 is 12.2 Å². The standard InChI is InChI=1S/C16H26N2S/c1-5-13(6-2)11-18(7-3)15-10-12(4)8-9-14(15)16(17)19/h8-10,13H,5-7,11H2,1-4H3,(H2,17,19). The molecule has 1 rings (SSSR count). The van der Waals surface area contributed by atoms with Gasteiger partial charge in [-0.3, -0.25) is 0 Å². The van der Waals surface area contributed by atoms with Gasteiger partial charge in [0, 0.05) is 24.3 Å². The van der Waals surface area contributed by atoms with Crippen molar-refractivity contribution >= 4 is 22.9 Å². The summed E-state index contributed by atoms with van der Waals surface area (Å²) < 4.78 is 0. The largest absolute Gasteiger partial charge is 0.389 e. The number of benzene rings is 1. The summed E-state index contributed by atoms with van der Waals surface area (Å²) in [6, 6.07) is 6.31. The van der Waals surface area contributed by atoms with E-state index in [-0.39, 0.29) is 0 Å². The molecule has 106 valence electrons. The molecular formula is C16H26N2S. The summed E-state index contributed by atoms with van der Waals surface area (Å²) in [5, 5.41) is 0. The number of thiocarbonyl (C=S) groups is 1. The maximum Gasteiger partial charge on any atom is 0.106 e. The zero-order valence-corrected chi connectivity index (χ0v) is 13.4. The lowest BCUT2D eigenvalue weighted by Gasteiger charge is -2.29. The Hall–Kier alpha value is -1.09. The van der Waals surface area contributed by atoms with Crippen LogP contribution in [0.4, 0.5) is 5.69 Å². The molecule has 0 aliphatic rings. The van der Waals surface area contributed by atoms with Crippen molar-refractivity contribution in [1.82, 2.24) is 0 Å². The molecule has 0 aliphatic heterocycles. The third-order valence-electron chi connectivity index (χ3n) is 3.77. The van der Waals surface area contributed by atoms with E-state index in [1.807, 2.05) is 6.07 Å². The summed E-state index contributed by atoms with van der Waals surface area (Å²) in [6.45, 7) is 10.9. The molecule has 0 saturated heterocycles. The third kappa shape index (κ3) is 4.20. The molecule has 19 heavy (non-hydrogen) atoms. The first-order chi connectivity index (χ1) is 9.03. The van der Waals surface area contributed by atoms with E-state index in [9.17, 15) is 0 Å². The van der Waals surface area contributed by atoms with Crippen molar-refractivity contribution in [3.8, 4) is 0 Å². The number of anilines is 1. The predicted octanol–water partition coefficient (Wildman–Crippen LogP) is 3.89. The normalized spacial score (nSPS) is 10.8. The number of hydrogen-bond donors (Lipinski definition) is 1. The van der Waals surface area contributed by atoms with Crippen LogP contribution in [0.1, 0.15) is 44.7 Å². The third-order valence-corrected chi connectivity index (χ3v) is 3.99. The highest BCUT2D eigenvalue weighted by Crippen LogP contribution is 2.24. The zero-order chi connectivity index (χ0) is 14.4. The molecule has 0 atom stereocenters. The molecule has 1 aromatic carbocycles. The van der Waals surface area contributed by atoms with Crippen molar-refractivity contribution in [3.63, 3.8) is 0 Å². The van der Waals surface area contributed by atoms with Crippen molar-refractivity contribution in [1.29, 1.82) is 0 Å². The first-order valence-corrected chi connectivity index (χ1v) is 7.59. The van der Waals surface area contributed by atoms with E-state index in [0.29, 0.717) is 4.99 Å². The Morgan fingerprint density at radius 3 is 2.37 bits per heavy atom. The second-order valence-corrected chi connectivity index (χ2v) is 5.55. The summed E-state index contributed by atoms with van der Waals surface area (Å²) >= 11 is 5.18. The van der Waals surface area contributed by atoms with Crippen LogP contribution in [0.15, 0.2) is 18.2 Å². The van der Waals surface area contributed by atoms with Crippen molar-refractivity contribution in [2.45, 2.75) is 40.5 Å². The van der Waals surface area contributed by atoms with E-state index in [2.05, 4.69) is 44.7 Å². The maximum absolute atomic E-state index is 5.86. The number of nitrogens with zero attached hydrogens (tertiary/aromatic N) is 1. The quantitative estimate of drug-likeness (QED) is 0.767. The molecule has 0 fully saturated rings. The van der Waals surface area contributed by atoms with Gasteiger partial charge in [0.1, 0.15) is 4.99 Å². The maximum atomic E-state index is 5.86. The van der Waals surface area contributed by atoms with Gasteiger partial charge >= 0.3 is 0 Å². The molecule has 0 saturated carbocycles.